The largest absolute Gasteiger partial charge is 0.396 e. The van der Waals surface area contributed by atoms with Gasteiger partial charge in [-0.3, -0.25) is 0 Å². The van der Waals surface area contributed by atoms with Crippen molar-refractivity contribution in [2.75, 3.05) is 19.7 Å². The molecule has 0 aliphatic heterocycles. The van der Waals surface area contributed by atoms with E-state index in [9.17, 15) is 5.11 Å². The zero-order valence-corrected chi connectivity index (χ0v) is 9.92. The van der Waals surface area contributed by atoms with Gasteiger partial charge in [-0.1, -0.05) is 33.6 Å². The van der Waals surface area contributed by atoms with Crippen LogP contribution in [0.25, 0.3) is 0 Å². The van der Waals surface area contributed by atoms with Gasteiger partial charge < -0.3 is 10.0 Å². The standard InChI is InChI=1S/C12H25NO/c1-4-13(9-12(2,3)10-14)11-7-5-6-8-11/h11,14H,4-10H2,1-3H3. The van der Waals surface area contributed by atoms with Gasteiger partial charge in [0.25, 0.3) is 0 Å². The first-order valence-electron chi connectivity index (χ1n) is 5.94. The maximum Gasteiger partial charge on any atom is 0.0494 e. The van der Waals surface area contributed by atoms with Gasteiger partial charge in [-0.2, -0.15) is 0 Å². The molecule has 0 heterocycles. The van der Waals surface area contributed by atoms with Gasteiger partial charge in [-0.05, 0) is 19.4 Å². The lowest BCUT2D eigenvalue weighted by Gasteiger charge is -2.34. The van der Waals surface area contributed by atoms with Gasteiger partial charge in [0.05, 0.1) is 0 Å². The van der Waals surface area contributed by atoms with Crippen LogP contribution in [0, 0.1) is 5.41 Å². The number of hydrogen-bond acceptors (Lipinski definition) is 2. The Kier molecular flexibility index (Phi) is 4.39. The summed E-state index contributed by atoms with van der Waals surface area (Å²) in [7, 11) is 0. The summed E-state index contributed by atoms with van der Waals surface area (Å²) in [5.41, 5.74) is 0.0542. The highest BCUT2D eigenvalue weighted by Crippen LogP contribution is 2.26. The summed E-state index contributed by atoms with van der Waals surface area (Å²) in [5, 5.41) is 9.25. The minimum Gasteiger partial charge on any atom is -0.396 e. The van der Waals surface area contributed by atoms with Crippen LogP contribution in [0.3, 0.4) is 0 Å². The van der Waals surface area contributed by atoms with Crippen molar-refractivity contribution in [1.82, 2.24) is 4.90 Å². The highest BCUT2D eigenvalue weighted by atomic mass is 16.3. The summed E-state index contributed by atoms with van der Waals surface area (Å²) in [4.78, 5) is 2.54. The van der Waals surface area contributed by atoms with Crippen molar-refractivity contribution in [3.05, 3.63) is 0 Å². The predicted octanol–water partition coefficient (Wildman–Crippen LogP) is 2.27. The number of nitrogens with zero attached hydrogens (tertiary/aromatic N) is 1. The van der Waals surface area contributed by atoms with Crippen LogP contribution in [-0.2, 0) is 0 Å². The SMILES string of the molecule is CCN(CC(C)(C)CO)C1CCCC1. The average Bonchev–Trinajstić information content (AvgIpc) is 2.67. The van der Waals surface area contributed by atoms with Gasteiger partial charge in [0.1, 0.15) is 0 Å². The number of hydrogen-bond donors (Lipinski definition) is 1. The molecule has 1 saturated carbocycles. The van der Waals surface area contributed by atoms with Gasteiger partial charge in [-0.25, -0.2) is 0 Å². The maximum absolute atomic E-state index is 9.25. The number of aliphatic hydroxyl groups excluding tert-OH is 1. The van der Waals surface area contributed by atoms with E-state index >= 15 is 0 Å². The van der Waals surface area contributed by atoms with Crippen LogP contribution in [0.5, 0.6) is 0 Å². The molecular formula is C12H25NO. The topological polar surface area (TPSA) is 23.5 Å². The smallest absolute Gasteiger partial charge is 0.0494 e. The molecule has 2 nitrogen and oxygen atoms in total. The Morgan fingerprint density at radius 1 is 1.29 bits per heavy atom. The van der Waals surface area contributed by atoms with Crippen molar-refractivity contribution >= 4 is 0 Å². The minimum absolute atomic E-state index is 0.0542. The van der Waals surface area contributed by atoms with E-state index in [0.29, 0.717) is 0 Å². The Bertz CT molecular complexity index is 162. The van der Waals surface area contributed by atoms with Gasteiger partial charge in [0, 0.05) is 24.6 Å². The third-order valence-corrected chi connectivity index (χ3v) is 3.31. The molecular weight excluding hydrogens is 174 g/mol. The maximum atomic E-state index is 9.25. The molecule has 1 aliphatic rings. The van der Waals surface area contributed by atoms with Crippen LogP contribution in [0.1, 0.15) is 46.5 Å². The molecule has 0 bridgehead atoms. The zero-order valence-electron chi connectivity index (χ0n) is 9.92. The van der Waals surface area contributed by atoms with Gasteiger partial charge in [-0.15, -0.1) is 0 Å². The molecule has 0 radical (unpaired) electrons. The second-order valence-corrected chi connectivity index (χ2v) is 5.32. The highest BCUT2D eigenvalue weighted by molar-refractivity contribution is 4.81. The fourth-order valence-corrected chi connectivity index (χ4v) is 2.37. The molecule has 0 aromatic carbocycles. The molecule has 14 heavy (non-hydrogen) atoms. The first kappa shape index (κ1) is 12.0. The van der Waals surface area contributed by atoms with Crippen molar-refractivity contribution in [2.45, 2.75) is 52.5 Å². The molecule has 0 spiro atoms. The summed E-state index contributed by atoms with van der Waals surface area (Å²) < 4.78 is 0. The van der Waals surface area contributed by atoms with Gasteiger partial charge in [0.15, 0.2) is 0 Å². The number of rotatable bonds is 5. The molecule has 1 fully saturated rings. The van der Waals surface area contributed by atoms with Crippen molar-refractivity contribution in [1.29, 1.82) is 0 Å². The molecule has 0 saturated heterocycles. The highest BCUT2D eigenvalue weighted by Gasteiger charge is 2.26. The van der Waals surface area contributed by atoms with Crippen molar-refractivity contribution in [3.63, 3.8) is 0 Å². The quantitative estimate of drug-likeness (QED) is 0.734. The van der Waals surface area contributed by atoms with E-state index in [1.807, 2.05) is 0 Å². The molecule has 0 unspecified atom stereocenters. The summed E-state index contributed by atoms with van der Waals surface area (Å²) >= 11 is 0. The lowest BCUT2D eigenvalue weighted by atomic mass is 9.93. The molecule has 0 atom stereocenters. The molecule has 1 N–H and O–H groups in total. The third kappa shape index (κ3) is 3.25. The zero-order chi connectivity index (χ0) is 10.6. The summed E-state index contributed by atoms with van der Waals surface area (Å²) in [5.74, 6) is 0. The molecule has 1 rings (SSSR count). The molecule has 0 aromatic rings. The summed E-state index contributed by atoms with van der Waals surface area (Å²) in [6, 6.07) is 0.783. The number of aliphatic hydroxyl groups is 1. The Labute approximate surface area is 88.3 Å². The Balaban J connectivity index is 2.45. The second kappa shape index (κ2) is 5.13. The van der Waals surface area contributed by atoms with E-state index in [4.69, 9.17) is 0 Å². The summed E-state index contributed by atoms with van der Waals surface area (Å²) in [6.07, 6.45) is 5.49. The molecule has 0 amide bonds. The molecule has 0 aromatic heterocycles. The first-order chi connectivity index (χ1) is 6.59. The summed E-state index contributed by atoms with van der Waals surface area (Å²) in [6.45, 7) is 8.95. The predicted molar refractivity (Wildman–Crippen MR) is 60.4 cm³/mol. The van der Waals surface area contributed by atoms with E-state index in [1.165, 1.54) is 25.7 Å². The van der Waals surface area contributed by atoms with Crippen LogP contribution >= 0.6 is 0 Å². The van der Waals surface area contributed by atoms with E-state index in [2.05, 4.69) is 25.7 Å². The van der Waals surface area contributed by atoms with Crippen LogP contribution in [-0.4, -0.2) is 35.7 Å². The fourth-order valence-electron chi connectivity index (χ4n) is 2.37. The molecule has 2 heteroatoms. The normalized spacial score (nSPS) is 19.5. The van der Waals surface area contributed by atoms with E-state index < -0.39 is 0 Å². The molecule has 84 valence electrons. The van der Waals surface area contributed by atoms with Gasteiger partial charge in [0.2, 0.25) is 0 Å². The first-order valence-corrected chi connectivity index (χ1v) is 5.94. The van der Waals surface area contributed by atoms with Gasteiger partial charge >= 0.3 is 0 Å². The van der Waals surface area contributed by atoms with Crippen LogP contribution in [0.2, 0.25) is 0 Å². The second-order valence-electron chi connectivity index (χ2n) is 5.32. The Hall–Kier alpha value is -0.0800. The lowest BCUT2D eigenvalue weighted by Crippen LogP contribution is -2.41. The van der Waals surface area contributed by atoms with Crippen LogP contribution in [0.4, 0.5) is 0 Å². The third-order valence-electron chi connectivity index (χ3n) is 3.31. The Morgan fingerprint density at radius 2 is 1.86 bits per heavy atom. The van der Waals surface area contributed by atoms with Crippen molar-refractivity contribution in [2.24, 2.45) is 5.41 Å². The Morgan fingerprint density at radius 3 is 2.29 bits per heavy atom. The van der Waals surface area contributed by atoms with Crippen molar-refractivity contribution < 1.29 is 5.11 Å². The van der Waals surface area contributed by atoms with Crippen LogP contribution in [0.15, 0.2) is 0 Å². The van der Waals surface area contributed by atoms with E-state index in [1.54, 1.807) is 0 Å². The lowest BCUT2D eigenvalue weighted by molar-refractivity contribution is 0.0829. The van der Waals surface area contributed by atoms with E-state index in [-0.39, 0.29) is 12.0 Å². The minimum atomic E-state index is 0.0542. The van der Waals surface area contributed by atoms with Crippen molar-refractivity contribution in [3.8, 4) is 0 Å². The average molecular weight is 199 g/mol. The monoisotopic (exact) mass is 199 g/mol. The van der Waals surface area contributed by atoms with E-state index in [0.717, 1.165) is 19.1 Å². The molecule has 1 aliphatic carbocycles. The fraction of sp³-hybridized carbons (Fsp3) is 1.00. The van der Waals surface area contributed by atoms with Crippen LogP contribution < -0.4 is 0 Å².